The van der Waals surface area contributed by atoms with Crippen LogP contribution in [0.25, 0.3) is 0 Å². The summed E-state index contributed by atoms with van der Waals surface area (Å²) < 4.78 is 8.20. The zero-order valence-corrected chi connectivity index (χ0v) is 19.4. The van der Waals surface area contributed by atoms with Crippen LogP contribution in [0.1, 0.15) is 43.2 Å². The van der Waals surface area contributed by atoms with Crippen molar-refractivity contribution >= 4 is 23.0 Å². The van der Waals surface area contributed by atoms with Gasteiger partial charge < -0.3 is 19.5 Å². The maximum atomic E-state index is 5.97. The summed E-state index contributed by atoms with van der Waals surface area (Å²) in [6.45, 7) is 4.36. The summed E-state index contributed by atoms with van der Waals surface area (Å²) >= 11 is 5.82. The Morgan fingerprint density at radius 1 is 0.909 bits per heavy atom. The molecule has 5 nitrogen and oxygen atoms in total. The van der Waals surface area contributed by atoms with Crippen LogP contribution < -0.4 is 15.0 Å². The number of aromatic nitrogens is 2. The largest absolute Gasteiger partial charge is 0.457 e. The van der Waals surface area contributed by atoms with Gasteiger partial charge in [0.05, 0.1) is 17.8 Å². The number of benzene rings is 2. The predicted octanol–water partition coefficient (Wildman–Crippen LogP) is 6.43. The lowest BCUT2D eigenvalue weighted by atomic mass is 9.98. The molecule has 1 aliphatic rings. The lowest BCUT2D eigenvalue weighted by Crippen LogP contribution is -2.29. The minimum absolute atomic E-state index is 0.0201. The van der Waals surface area contributed by atoms with Crippen LogP contribution in [0.4, 0.5) is 5.69 Å². The van der Waals surface area contributed by atoms with E-state index >= 15 is 0 Å². The number of hydrogen-bond acceptors (Lipinski definition) is 3. The van der Waals surface area contributed by atoms with E-state index in [2.05, 4.69) is 64.2 Å². The molecule has 1 aliphatic heterocycles. The van der Waals surface area contributed by atoms with Crippen LogP contribution >= 0.6 is 12.2 Å². The lowest BCUT2D eigenvalue weighted by Gasteiger charge is -2.27. The fourth-order valence-corrected chi connectivity index (χ4v) is 4.54. The normalized spacial score (nSPS) is 17.9. The first-order valence-corrected chi connectivity index (χ1v) is 11.5. The van der Waals surface area contributed by atoms with Gasteiger partial charge in [0.2, 0.25) is 0 Å². The third-order valence-corrected chi connectivity index (χ3v) is 6.18. The van der Waals surface area contributed by atoms with Gasteiger partial charge in [-0.1, -0.05) is 24.3 Å². The molecule has 6 heteroatoms. The summed E-state index contributed by atoms with van der Waals surface area (Å²) in [5, 5.41) is 4.20. The van der Waals surface area contributed by atoms with Crippen molar-refractivity contribution in [1.82, 2.24) is 14.9 Å². The highest BCUT2D eigenvalue weighted by Gasteiger charge is 2.41. The Balaban J connectivity index is 1.49. The Kier molecular flexibility index (Phi) is 5.84. The molecule has 0 unspecified atom stereocenters. The van der Waals surface area contributed by atoms with Gasteiger partial charge in [0.25, 0.3) is 0 Å². The molecule has 0 saturated carbocycles. The van der Waals surface area contributed by atoms with Crippen LogP contribution in [0.3, 0.4) is 0 Å². The summed E-state index contributed by atoms with van der Waals surface area (Å²) in [6.07, 6.45) is 6.17. The average Bonchev–Trinajstić information content (AvgIpc) is 3.46. The van der Waals surface area contributed by atoms with Gasteiger partial charge in [-0.2, -0.15) is 0 Å². The minimum atomic E-state index is -0.0537. The monoisotopic (exact) mass is 454 g/mol. The molecule has 1 N–H and O–H groups in total. The number of rotatable bonds is 6. The number of pyridine rings is 1. The maximum Gasteiger partial charge on any atom is 0.174 e. The minimum Gasteiger partial charge on any atom is -0.457 e. The second-order valence-electron chi connectivity index (χ2n) is 8.39. The van der Waals surface area contributed by atoms with Gasteiger partial charge in [0.15, 0.2) is 5.11 Å². The van der Waals surface area contributed by atoms with E-state index in [9.17, 15) is 0 Å². The highest BCUT2D eigenvalue weighted by atomic mass is 32.1. The zero-order chi connectivity index (χ0) is 22.8. The number of nitrogens with one attached hydrogen (secondary N) is 1. The second kappa shape index (κ2) is 9.08. The van der Waals surface area contributed by atoms with E-state index < -0.39 is 0 Å². The molecule has 2 aromatic carbocycles. The highest BCUT2D eigenvalue weighted by Crippen LogP contribution is 2.42. The van der Waals surface area contributed by atoms with Gasteiger partial charge in [-0.05, 0) is 86.2 Å². The number of anilines is 1. The maximum absolute atomic E-state index is 5.97. The summed E-state index contributed by atoms with van der Waals surface area (Å²) in [5.74, 6) is 1.60. The predicted molar refractivity (Wildman–Crippen MR) is 136 cm³/mol. The Morgan fingerprint density at radius 3 is 2.30 bits per heavy atom. The summed E-state index contributed by atoms with van der Waals surface area (Å²) in [4.78, 5) is 6.81. The molecule has 5 rings (SSSR count). The second-order valence-corrected chi connectivity index (χ2v) is 8.78. The van der Waals surface area contributed by atoms with Crippen LogP contribution in [-0.2, 0) is 0 Å². The van der Waals surface area contributed by atoms with Crippen molar-refractivity contribution < 1.29 is 4.74 Å². The first-order valence-electron chi connectivity index (χ1n) is 11.1. The molecule has 166 valence electrons. The molecule has 0 amide bonds. The van der Waals surface area contributed by atoms with Gasteiger partial charge >= 0.3 is 0 Å². The Morgan fingerprint density at radius 2 is 1.64 bits per heavy atom. The van der Waals surface area contributed by atoms with Crippen molar-refractivity contribution in [2.24, 2.45) is 0 Å². The molecule has 4 aromatic rings. The molecule has 0 aliphatic carbocycles. The third kappa shape index (κ3) is 4.34. The van der Waals surface area contributed by atoms with E-state index in [0.29, 0.717) is 11.2 Å². The molecular weight excluding hydrogens is 428 g/mol. The lowest BCUT2D eigenvalue weighted by molar-refractivity contribution is 0.482. The number of thiocarbonyl (C=S) groups is 1. The fourth-order valence-electron chi connectivity index (χ4n) is 4.20. The van der Waals surface area contributed by atoms with Gasteiger partial charge in [-0.15, -0.1) is 0 Å². The Bertz CT molecular complexity index is 1220. The van der Waals surface area contributed by atoms with Crippen molar-refractivity contribution in [3.05, 3.63) is 109 Å². The molecule has 1 fully saturated rings. The van der Waals surface area contributed by atoms with E-state index in [1.807, 2.05) is 66.9 Å². The molecular formula is C27H26N4OS. The molecule has 3 heterocycles. The first-order chi connectivity index (χ1) is 16.1. The molecule has 2 atom stereocenters. The topological polar surface area (TPSA) is 42.3 Å². The van der Waals surface area contributed by atoms with E-state index in [0.717, 1.165) is 22.9 Å². The summed E-state index contributed by atoms with van der Waals surface area (Å²) in [6, 6.07) is 26.3. The van der Waals surface area contributed by atoms with Gasteiger partial charge in [-0.3, -0.25) is 4.98 Å². The first kappa shape index (κ1) is 21.2. The number of nitrogens with zero attached hydrogens (tertiary/aromatic N) is 3. The van der Waals surface area contributed by atoms with Crippen LogP contribution in [0, 0.1) is 0 Å². The molecule has 2 aromatic heterocycles. The van der Waals surface area contributed by atoms with Crippen molar-refractivity contribution in [2.75, 3.05) is 4.90 Å². The SMILES string of the molecule is CC(C)n1ccc([C@@H]2[C@@H](c3ccccn3)NC(=S)N2c2ccc(Oc3ccccc3)cc2)c1. The standard InChI is InChI=1S/C27H26N4OS/c1-19(2)30-17-15-20(18-30)26-25(24-10-6-7-16-28-24)29-27(33)31(26)21-11-13-23(14-12-21)32-22-8-4-3-5-9-22/h3-19,25-26H,1-2H3,(H,29,33)/t25-,26-/m1/s1. The van der Waals surface area contributed by atoms with E-state index in [1.54, 1.807) is 0 Å². The molecule has 1 saturated heterocycles. The Hall–Kier alpha value is -3.64. The summed E-state index contributed by atoms with van der Waals surface area (Å²) in [7, 11) is 0. The van der Waals surface area contributed by atoms with Crippen molar-refractivity contribution in [3.8, 4) is 11.5 Å². The van der Waals surface area contributed by atoms with Gasteiger partial charge in [0, 0.05) is 30.3 Å². The zero-order valence-electron chi connectivity index (χ0n) is 18.6. The van der Waals surface area contributed by atoms with Crippen LogP contribution in [-0.4, -0.2) is 14.7 Å². The Labute approximate surface area is 199 Å². The van der Waals surface area contributed by atoms with Crippen molar-refractivity contribution in [1.29, 1.82) is 0 Å². The van der Waals surface area contributed by atoms with Crippen LogP contribution in [0.2, 0.25) is 0 Å². The van der Waals surface area contributed by atoms with E-state index in [4.69, 9.17) is 17.0 Å². The van der Waals surface area contributed by atoms with Gasteiger partial charge in [0.1, 0.15) is 11.5 Å². The number of hydrogen-bond donors (Lipinski definition) is 1. The summed E-state index contributed by atoms with van der Waals surface area (Å²) in [5.41, 5.74) is 3.17. The van der Waals surface area contributed by atoms with E-state index in [1.165, 1.54) is 5.56 Å². The molecule has 33 heavy (non-hydrogen) atoms. The average molecular weight is 455 g/mol. The van der Waals surface area contributed by atoms with Crippen molar-refractivity contribution in [2.45, 2.75) is 32.0 Å². The molecule has 0 spiro atoms. The van der Waals surface area contributed by atoms with Crippen LogP contribution in [0.5, 0.6) is 11.5 Å². The van der Waals surface area contributed by atoms with Crippen molar-refractivity contribution in [3.63, 3.8) is 0 Å². The molecule has 0 bridgehead atoms. The quantitative estimate of drug-likeness (QED) is 0.340. The van der Waals surface area contributed by atoms with Crippen LogP contribution in [0.15, 0.2) is 97.5 Å². The third-order valence-electron chi connectivity index (χ3n) is 5.87. The smallest absolute Gasteiger partial charge is 0.174 e. The highest BCUT2D eigenvalue weighted by molar-refractivity contribution is 7.80. The molecule has 0 radical (unpaired) electrons. The fraction of sp³-hybridized carbons (Fsp3) is 0.185. The van der Waals surface area contributed by atoms with Gasteiger partial charge in [-0.25, -0.2) is 0 Å². The number of ether oxygens (including phenoxy) is 1. The number of para-hydroxylation sites is 1. The van der Waals surface area contributed by atoms with E-state index in [-0.39, 0.29) is 12.1 Å².